The van der Waals surface area contributed by atoms with E-state index in [0.29, 0.717) is 11.6 Å². The molecule has 1 saturated carbocycles. The number of hydrogen-bond donors (Lipinski definition) is 0. The predicted octanol–water partition coefficient (Wildman–Crippen LogP) is 3.71. The van der Waals surface area contributed by atoms with E-state index in [0.717, 1.165) is 12.8 Å². The van der Waals surface area contributed by atoms with Crippen LogP contribution in [0.4, 0.5) is 5.69 Å². The van der Waals surface area contributed by atoms with Crippen LogP contribution in [0.25, 0.3) is 0 Å². The van der Waals surface area contributed by atoms with E-state index in [9.17, 15) is 10.1 Å². The van der Waals surface area contributed by atoms with Crippen LogP contribution in [-0.4, -0.2) is 14.7 Å². The molecule has 0 radical (unpaired) electrons. The minimum atomic E-state index is -0.425. The third-order valence-corrected chi connectivity index (χ3v) is 3.76. The Hall–Kier alpha value is -1.10. The summed E-state index contributed by atoms with van der Waals surface area (Å²) in [6.45, 7) is 7.74. The Morgan fingerprint density at radius 2 is 2.06 bits per heavy atom. The lowest BCUT2D eigenvalue weighted by molar-refractivity contribution is -0.385. The Bertz CT molecular complexity index is 486. The van der Waals surface area contributed by atoms with Crippen LogP contribution in [0.15, 0.2) is 0 Å². The van der Waals surface area contributed by atoms with Gasteiger partial charge in [0.05, 0.1) is 11.0 Å². The van der Waals surface area contributed by atoms with Gasteiger partial charge in [-0.15, -0.1) is 0 Å². The first-order valence-corrected chi connectivity index (χ1v) is 6.54. The Labute approximate surface area is 111 Å². The van der Waals surface area contributed by atoms with E-state index in [1.54, 1.807) is 4.68 Å². The van der Waals surface area contributed by atoms with E-state index in [4.69, 9.17) is 11.6 Å². The number of halogens is 1. The molecule has 6 heteroatoms. The largest absolute Gasteiger partial charge is 0.329 e. The number of rotatable bonds is 3. The zero-order chi connectivity index (χ0) is 13.7. The van der Waals surface area contributed by atoms with Crippen LogP contribution in [0.3, 0.4) is 0 Å². The van der Waals surface area contributed by atoms with Crippen LogP contribution in [0.2, 0.25) is 5.15 Å². The summed E-state index contributed by atoms with van der Waals surface area (Å²) in [7, 11) is 0. The number of nitro groups is 1. The van der Waals surface area contributed by atoms with Gasteiger partial charge in [-0.05, 0) is 25.7 Å². The second-order valence-corrected chi connectivity index (χ2v) is 6.38. The molecule has 1 atom stereocenters. The van der Waals surface area contributed by atoms with Crippen molar-refractivity contribution in [3.05, 3.63) is 21.0 Å². The molecule has 1 aromatic heterocycles. The van der Waals surface area contributed by atoms with E-state index in [1.165, 1.54) is 0 Å². The molecule has 18 heavy (non-hydrogen) atoms. The second kappa shape index (κ2) is 4.23. The molecule has 0 amide bonds. The number of aromatic nitrogens is 2. The molecule has 1 aliphatic carbocycles. The van der Waals surface area contributed by atoms with Crippen molar-refractivity contribution < 1.29 is 4.92 Å². The zero-order valence-corrected chi connectivity index (χ0v) is 11.9. The summed E-state index contributed by atoms with van der Waals surface area (Å²) in [5, 5.41) is 15.7. The van der Waals surface area contributed by atoms with Gasteiger partial charge in [0.2, 0.25) is 5.15 Å². The third-order valence-electron chi connectivity index (χ3n) is 3.41. The molecule has 1 fully saturated rings. The van der Waals surface area contributed by atoms with Crippen molar-refractivity contribution in [2.75, 3.05) is 0 Å². The molecule has 1 unspecified atom stereocenters. The molecule has 1 heterocycles. The molecule has 0 spiro atoms. The van der Waals surface area contributed by atoms with Crippen molar-refractivity contribution in [3.63, 3.8) is 0 Å². The third kappa shape index (κ3) is 2.23. The van der Waals surface area contributed by atoms with Gasteiger partial charge in [0.15, 0.2) is 0 Å². The number of nitrogens with zero attached hydrogens (tertiary/aromatic N) is 3. The van der Waals surface area contributed by atoms with Crippen molar-refractivity contribution >= 4 is 17.3 Å². The molecular formula is C12H18ClN3O2. The molecule has 0 N–H and O–H groups in total. The molecule has 0 saturated heterocycles. The van der Waals surface area contributed by atoms with Crippen molar-refractivity contribution in [1.29, 1.82) is 0 Å². The summed E-state index contributed by atoms with van der Waals surface area (Å²) in [5.74, 6) is 0.551. The monoisotopic (exact) mass is 271 g/mol. The fourth-order valence-corrected chi connectivity index (χ4v) is 2.47. The first-order chi connectivity index (χ1) is 8.23. The first kappa shape index (κ1) is 13.3. The lowest BCUT2D eigenvalue weighted by Gasteiger charge is -2.14. The van der Waals surface area contributed by atoms with E-state index in [2.05, 4.69) is 5.10 Å². The Kier molecular flexibility index (Phi) is 3.13. The van der Waals surface area contributed by atoms with Gasteiger partial charge < -0.3 is 0 Å². The summed E-state index contributed by atoms with van der Waals surface area (Å²) < 4.78 is 1.62. The summed E-state index contributed by atoms with van der Waals surface area (Å²) in [5.41, 5.74) is 0.0299. The quantitative estimate of drug-likeness (QED) is 0.622. The van der Waals surface area contributed by atoms with Gasteiger partial charge in [-0.3, -0.25) is 10.1 Å². The summed E-state index contributed by atoms with van der Waals surface area (Å²) in [4.78, 5) is 10.8. The minimum absolute atomic E-state index is 0.0448. The molecule has 1 aromatic rings. The fraction of sp³-hybridized carbons (Fsp3) is 0.750. The maximum atomic E-state index is 11.2. The van der Waals surface area contributed by atoms with Crippen molar-refractivity contribution in [1.82, 2.24) is 9.78 Å². The van der Waals surface area contributed by atoms with Crippen LogP contribution in [0.1, 0.15) is 52.3 Å². The van der Waals surface area contributed by atoms with Crippen LogP contribution in [0.5, 0.6) is 0 Å². The smallest absolute Gasteiger partial charge is 0.258 e. The number of hydrogen-bond acceptors (Lipinski definition) is 3. The highest BCUT2D eigenvalue weighted by molar-refractivity contribution is 6.31. The molecule has 2 rings (SSSR count). The molecule has 5 nitrogen and oxygen atoms in total. The normalized spacial score (nSPS) is 17.8. The summed E-state index contributed by atoms with van der Waals surface area (Å²) >= 11 is 6.16. The van der Waals surface area contributed by atoms with E-state index in [1.807, 2.05) is 27.7 Å². The van der Waals surface area contributed by atoms with Crippen LogP contribution < -0.4 is 0 Å². The highest BCUT2D eigenvalue weighted by Gasteiger charge is 2.38. The highest BCUT2D eigenvalue weighted by atomic mass is 35.5. The minimum Gasteiger partial charge on any atom is -0.258 e. The van der Waals surface area contributed by atoms with Crippen molar-refractivity contribution in [3.8, 4) is 0 Å². The van der Waals surface area contributed by atoms with Crippen LogP contribution >= 0.6 is 11.6 Å². The van der Waals surface area contributed by atoms with Crippen molar-refractivity contribution in [2.24, 2.45) is 5.92 Å². The maximum absolute atomic E-state index is 11.2. The molecule has 0 bridgehead atoms. The fourth-order valence-electron chi connectivity index (χ4n) is 2.12. The van der Waals surface area contributed by atoms with Gasteiger partial charge in [0.1, 0.15) is 5.69 Å². The van der Waals surface area contributed by atoms with E-state index >= 15 is 0 Å². The van der Waals surface area contributed by atoms with Crippen LogP contribution in [-0.2, 0) is 5.41 Å². The lowest BCUT2D eigenvalue weighted by Crippen LogP contribution is -2.16. The Morgan fingerprint density at radius 1 is 1.50 bits per heavy atom. The van der Waals surface area contributed by atoms with Gasteiger partial charge >= 0.3 is 5.69 Å². The molecule has 100 valence electrons. The first-order valence-electron chi connectivity index (χ1n) is 6.16. The zero-order valence-electron chi connectivity index (χ0n) is 11.1. The summed E-state index contributed by atoms with van der Waals surface area (Å²) in [6.07, 6.45) is 2.30. The maximum Gasteiger partial charge on any atom is 0.329 e. The van der Waals surface area contributed by atoms with Crippen molar-refractivity contribution in [2.45, 2.75) is 52.0 Å². The van der Waals surface area contributed by atoms with Gasteiger partial charge in [-0.25, -0.2) is 4.68 Å². The lowest BCUT2D eigenvalue weighted by atomic mass is 9.91. The van der Waals surface area contributed by atoms with Gasteiger partial charge in [-0.2, -0.15) is 5.10 Å². The molecular weight excluding hydrogens is 254 g/mol. The molecule has 0 aliphatic heterocycles. The predicted molar refractivity (Wildman–Crippen MR) is 70.0 cm³/mol. The second-order valence-electron chi connectivity index (χ2n) is 6.02. The van der Waals surface area contributed by atoms with Gasteiger partial charge in [-0.1, -0.05) is 32.4 Å². The van der Waals surface area contributed by atoms with Gasteiger partial charge in [0.25, 0.3) is 0 Å². The topological polar surface area (TPSA) is 61.0 Å². The van der Waals surface area contributed by atoms with E-state index < -0.39 is 4.92 Å². The SMILES string of the molecule is CC(C1CC1)n1nc(C(C)(C)C)c([N+](=O)[O-])c1Cl. The standard InChI is InChI=1S/C12H18ClN3O2/c1-7(8-5-6-8)15-11(13)9(16(17)18)10(14-15)12(2,3)4/h7-8H,5-6H2,1-4H3. The van der Waals surface area contributed by atoms with E-state index in [-0.39, 0.29) is 22.3 Å². The van der Waals surface area contributed by atoms with Crippen LogP contribution in [0, 0.1) is 16.0 Å². The average molecular weight is 272 g/mol. The molecule has 0 aromatic carbocycles. The Balaban J connectivity index is 2.53. The van der Waals surface area contributed by atoms with Gasteiger partial charge in [0, 0.05) is 5.41 Å². The highest BCUT2D eigenvalue weighted by Crippen LogP contribution is 2.44. The Morgan fingerprint density at radius 3 is 2.39 bits per heavy atom. The average Bonchev–Trinajstić information content (AvgIpc) is 2.99. The molecule has 1 aliphatic rings. The summed E-state index contributed by atoms with van der Waals surface area (Å²) in [6, 6.07) is 0.132.